The van der Waals surface area contributed by atoms with E-state index in [1.165, 1.54) is 13.2 Å². The number of benzene rings is 1. The van der Waals surface area contributed by atoms with Gasteiger partial charge in [-0.15, -0.1) is 4.91 Å². The molecule has 1 aromatic rings. The van der Waals surface area contributed by atoms with E-state index in [1.807, 2.05) is 0 Å². The van der Waals surface area contributed by atoms with Gasteiger partial charge in [-0.1, -0.05) is 6.58 Å². The fraction of sp³-hybridized carbons (Fsp3) is 0.200. The van der Waals surface area contributed by atoms with Crippen molar-refractivity contribution >= 4 is 5.69 Å². The van der Waals surface area contributed by atoms with Gasteiger partial charge in [-0.3, -0.25) is 0 Å². The summed E-state index contributed by atoms with van der Waals surface area (Å²) in [6, 6.07) is 4.80. The maximum atomic E-state index is 10.4. The van der Waals surface area contributed by atoms with Gasteiger partial charge < -0.3 is 9.47 Å². The van der Waals surface area contributed by atoms with Crippen molar-refractivity contribution in [1.82, 2.24) is 0 Å². The van der Waals surface area contributed by atoms with Gasteiger partial charge in [0.25, 0.3) is 0 Å². The highest BCUT2D eigenvalue weighted by Crippen LogP contribution is 2.31. The lowest BCUT2D eigenvalue weighted by molar-refractivity contribution is 0.410. The molecule has 0 heterocycles. The Balaban J connectivity index is 3.01. The highest BCUT2D eigenvalue weighted by Gasteiger charge is 2.05. The Bertz CT molecular complexity index is 360. The Kier molecular flexibility index (Phi) is 3.23. The van der Waals surface area contributed by atoms with E-state index < -0.39 is 0 Å². The summed E-state index contributed by atoms with van der Waals surface area (Å²) in [5, 5.41) is 2.82. The fourth-order valence-electron chi connectivity index (χ4n) is 1.01. The molecule has 1 aromatic carbocycles. The van der Waals surface area contributed by atoms with Gasteiger partial charge in [0.2, 0.25) is 0 Å². The van der Waals surface area contributed by atoms with E-state index in [9.17, 15) is 4.91 Å². The lowest BCUT2D eigenvalue weighted by atomic mass is 10.3. The van der Waals surface area contributed by atoms with Gasteiger partial charge in [0.05, 0.1) is 12.9 Å². The summed E-state index contributed by atoms with van der Waals surface area (Å²) in [6.45, 7) is 5.31. The number of hydrogen-bond donors (Lipinski definition) is 0. The molecule has 1 rings (SSSR count). The van der Waals surface area contributed by atoms with Crippen LogP contribution in [0.2, 0.25) is 0 Å². The second kappa shape index (κ2) is 4.41. The number of hydrogen-bond acceptors (Lipinski definition) is 4. The molecule has 0 bridgehead atoms. The molecule has 0 N–H and O–H groups in total. The van der Waals surface area contributed by atoms with Crippen molar-refractivity contribution in [3.8, 4) is 11.5 Å². The molecule has 74 valence electrons. The topological polar surface area (TPSA) is 47.9 Å². The third-order valence-corrected chi connectivity index (χ3v) is 1.54. The minimum absolute atomic E-state index is 0.214. The molecular weight excluding hydrogens is 182 g/mol. The predicted octanol–water partition coefficient (Wildman–Crippen LogP) is 3.01. The second-order valence-corrected chi connectivity index (χ2v) is 2.73. The highest BCUT2D eigenvalue weighted by atomic mass is 16.5. The van der Waals surface area contributed by atoms with Crippen LogP contribution in [-0.2, 0) is 0 Å². The normalized spacial score (nSPS) is 9.29. The standard InChI is InChI=1S/C10H11NO3/c1-7(2)14-8-4-5-10(13-3)9(6-8)11-12/h4-6H,1H2,2-3H3. The van der Waals surface area contributed by atoms with Gasteiger partial charge in [-0.05, 0) is 24.2 Å². The van der Waals surface area contributed by atoms with Crippen LogP contribution in [0.4, 0.5) is 5.69 Å². The van der Waals surface area contributed by atoms with E-state index in [4.69, 9.17) is 9.47 Å². The molecule has 0 spiro atoms. The van der Waals surface area contributed by atoms with Crippen LogP contribution in [0.1, 0.15) is 6.92 Å². The summed E-state index contributed by atoms with van der Waals surface area (Å²) in [5.74, 6) is 1.49. The van der Waals surface area contributed by atoms with Crippen LogP contribution in [-0.4, -0.2) is 7.11 Å². The van der Waals surface area contributed by atoms with Gasteiger partial charge in [0.15, 0.2) is 5.69 Å². The van der Waals surface area contributed by atoms with Crippen molar-refractivity contribution in [2.45, 2.75) is 6.92 Å². The van der Waals surface area contributed by atoms with E-state index in [0.717, 1.165) is 0 Å². The molecule has 4 heteroatoms. The first kappa shape index (κ1) is 10.2. The van der Waals surface area contributed by atoms with Crippen LogP contribution in [0.5, 0.6) is 11.5 Å². The van der Waals surface area contributed by atoms with Gasteiger partial charge in [0.1, 0.15) is 11.5 Å². The van der Waals surface area contributed by atoms with E-state index in [1.54, 1.807) is 19.1 Å². The Morgan fingerprint density at radius 3 is 2.71 bits per heavy atom. The van der Waals surface area contributed by atoms with Crippen molar-refractivity contribution in [3.05, 3.63) is 35.4 Å². The molecule has 0 aliphatic rings. The van der Waals surface area contributed by atoms with E-state index in [-0.39, 0.29) is 5.69 Å². The van der Waals surface area contributed by atoms with Gasteiger partial charge in [-0.2, -0.15) is 0 Å². The second-order valence-electron chi connectivity index (χ2n) is 2.73. The van der Waals surface area contributed by atoms with Crippen LogP contribution in [0.3, 0.4) is 0 Å². The highest BCUT2D eigenvalue weighted by molar-refractivity contribution is 5.55. The van der Waals surface area contributed by atoms with Crippen LogP contribution in [0.15, 0.2) is 35.7 Å². The van der Waals surface area contributed by atoms with Crippen LogP contribution < -0.4 is 9.47 Å². The Hall–Kier alpha value is -1.84. The number of rotatable bonds is 4. The first-order valence-electron chi connectivity index (χ1n) is 4.02. The van der Waals surface area contributed by atoms with Crippen molar-refractivity contribution < 1.29 is 9.47 Å². The molecule has 4 nitrogen and oxygen atoms in total. The van der Waals surface area contributed by atoms with Crippen molar-refractivity contribution in [1.29, 1.82) is 0 Å². The summed E-state index contributed by atoms with van der Waals surface area (Å²) in [7, 11) is 1.48. The van der Waals surface area contributed by atoms with Crippen molar-refractivity contribution in [3.63, 3.8) is 0 Å². The van der Waals surface area contributed by atoms with E-state index >= 15 is 0 Å². The molecule has 0 aliphatic carbocycles. The van der Waals surface area contributed by atoms with Crippen LogP contribution in [0.25, 0.3) is 0 Å². The number of nitrogens with zero attached hydrogens (tertiary/aromatic N) is 1. The predicted molar refractivity (Wildman–Crippen MR) is 53.9 cm³/mol. The molecule has 0 fully saturated rings. The summed E-state index contributed by atoms with van der Waals surface area (Å²) >= 11 is 0. The molecule has 14 heavy (non-hydrogen) atoms. The first-order valence-corrected chi connectivity index (χ1v) is 4.02. The van der Waals surface area contributed by atoms with Crippen LogP contribution >= 0.6 is 0 Å². The fourth-order valence-corrected chi connectivity index (χ4v) is 1.01. The van der Waals surface area contributed by atoms with Crippen molar-refractivity contribution in [2.24, 2.45) is 5.18 Å². The average molecular weight is 193 g/mol. The number of methoxy groups -OCH3 is 1. The maximum Gasteiger partial charge on any atom is 0.153 e. The number of allylic oxidation sites excluding steroid dienone is 1. The third kappa shape index (κ3) is 2.32. The molecule has 0 radical (unpaired) electrons. The SMILES string of the molecule is C=C(C)Oc1ccc(OC)c(N=O)c1. The summed E-state index contributed by atoms with van der Waals surface area (Å²) in [5.41, 5.74) is 0.214. The summed E-state index contributed by atoms with van der Waals surface area (Å²) in [4.78, 5) is 10.4. The molecule has 0 aromatic heterocycles. The largest absolute Gasteiger partial charge is 0.494 e. The zero-order chi connectivity index (χ0) is 10.6. The summed E-state index contributed by atoms with van der Waals surface area (Å²) in [6.07, 6.45) is 0. The molecule has 0 saturated heterocycles. The molecule has 0 saturated carbocycles. The lowest BCUT2D eigenvalue weighted by Crippen LogP contribution is -1.89. The van der Waals surface area contributed by atoms with Gasteiger partial charge >= 0.3 is 0 Å². The van der Waals surface area contributed by atoms with Gasteiger partial charge in [-0.25, -0.2) is 0 Å². The first-order chi connectivity index (χ1) is 6.67. The molecular formula is C10H11NO3. The molecule has 0 amide bonds. The minimum Gasteiger partial charge on any atom is -0.494 e. The zero-order valence-corrected chi connectivity index (χ0v) is 8.11. The van der Waals surface area contributed by atoms with E-state index in [0.29, 0.717) is 17.3 Å². The molecule has 0 unspecified atom stereocenters. The monoisotopic (exact) mass is 193 g/mol. The minimum atomic E-state index is 0.214. The summed E-state index contributed by atoms with van der Waals surface area (Å²) < 4.78 is 10.1. The lowest BCUT2D eigenvalue weighted by Gasteiger charge is -2.06. The molecule has 0 aliphatic heterocycles. The van der Waals surface area contributed by atoms with Gasteiger partial charge in [0, 0.05) is 6.07 Å². The van der Waals surface area contributed by atoms with Crippen molar-refractivity contribution in [2.75, 3.05) is 7.11 Å². The number of nitroso groups, excluding NO2 is 1. The average Bonchev–Trinajstić information content (AvgIpc) is 2.16. The third-order valence-electron chi connectivity index (χ3n) is 1.54. The smallest absolute Gasteiger partial charge is 0.153 e. The van der Waals surface area contributed by atoms with E-state index in [2.05, 4.69) is 11.8 Å². The Morgan fingerprint density at radius 2 is 2.21 bits per heavy atom. The Morgan fingerprint density at radius 1 is 1.50 bits per heavy atom. The maximum absolute atomic E-state index is 10.4. The van der Waals surface area contributed by atoms with Crippen LogP contribution in [0, 0.1) is 4.91 Å². The molecule has 0 atom stereocenters. The quantitative estimate of drug-likeness (QED) is 0.545. The number of ether oxygens (including phenoxy) is 2. The Labute approximate surface area is 82.1 Å². The zero-order valence-electron chi connectivity index (χ0n) is 8.11.